The minimum absolute atomic E-state index is 0.0545. The third-order valence-corrected chi connectivity index (χ3v) is 6.16. The van der Waals surface area contributed by atoms with Gasteiger partial charge in [-0.3, -0.25) is 9.69 Å². The van der Waals surface area contributed by atoms with Crippen molar-refractivity contribution in [3.8, 4) is 0 Å². The molecule has 5 rings (SSSR count). The van der Waals surface area contributed by atoms with Crippen molar-refractivity contribution in [3.63, 3.8) is 0 Å². The number of hydrogen-bond donors (Lipinski definition) is 0. The normalized spacial score (nSPS) is 26.1. The average molecular weight is 341 g/mol. The molecule has 0 spiro atoms. The molecule has 25 heavy (non-hydrogen) atoms. The van der Waals surface area contributed by atoms with E-state index >= 15 is 0 Å². The number of anilines is 1. The minimum Gasteiger partial charge on any atom is -0.340 e. The van der Waals surface area contributed by atoms with E-state index in [4.69, 9.17) is 0 Å². The SMILES string of the molecule is CN(C(=O)N1C[C@H]2CC[C@@H]1CN(C(=O)C1CCC1)C2)c1ccccc1. The second-order valence-electron chi connectivity index (χ2n) is 7.80. The molecule has 1 aromatic rings. The summed E-state index contributed by atoms with van der Waals surface area (Å²) < 4.78 is 0. The fourth-order valence-electron chi connectivity index (χ4n) is 4.36. The van der Waals surface area contributed by atoms with Gasteiger partial charge in [-0.2, -0.15) is 0 Å². The number of hydrogen-bond acceptors (Lipinski definition) is 2. The Bertz CT molecular complexity index is 644. The van der Waals surface area contributed by atoms with E-state index in [0.717, 1.165) is 44.5 Å². The number of urea groups is 1. The zero-order valence-corrected chi connectivity index (χ0v) is 14.9. The molecule has 3 heterocycles. The molecule has 4 fully saturated rings. The maximum absolute atomic E-state index is 13.1. The first kappa shape index (κ1) is 16.4. The van der Waals surface area contributed by atoms with Gasteiger partial charge in [0.15, 0.2) is 0 Å². The highest BCUT2D eigenvalue weighted by atomic mass is 16.2. The number of amides is 3. The Balaban J connectivity index is 1.48. The monoisotopic (exact) mass is 341 g/mol. The second kappa shape index (κ2) is 6.70. The van der Waals surface area contributed by atoms with Crippen LogP contribution in [0.1, 0.15) is 32.1 Å². The van der Waals surface area contributed by atoms with E-state index in [2.05, 4.69) is 4.90 Å². The molecule has 0 N–H and O–H groups in total. The molecule has 2 atom stereocenters. The van der Waals surface area contributed by atoms with Crippen molar-refractivity contribution in [1.82, 2.24) is 9.80 Å². The molecule has 4 aliphatic rings. The van der Waals surface area contributed by atoms with Crippen LogP contribution in [0.4, 0.5) is 10.5 Å². The van der Waals surface area contributed by atoms with Gasteiger partial charge in [-0.05, 0) is 43.7 Å². The summed E-state index contributed by atoms with van der Waals surface area (Å²) in [6.07, 6.45) is 5.41. The summed E-state index contributed by atoms with van der Waals surface area (Å²) in [5.41, 5.74) is 0.912. The van der Waals surface area contributed by atoms with Crippen LogP contribution in [-0.2, 0) is 4.79 Å². The average Bonchev–Trinajstić information content (AvgIpc) is 2.91. The molecule has 134 valence electrons. The van der Waals surface area contributed by atoms with Crippen LogP contribution in [0, 0.1) is 11.8 Å². The smallest absolute Gasteiger partial charge is 0.324 e. The van der Waals surface area contributed by atoms with E-state index in [1.807, 2.05) is 42.3 Å². The maximum Gasteiger partial charge on any atom is 0.324 e. The van der Waals surface area contributed by atoms with Crippen molar-refractivity contribution in [2.45, 2.75) is 38.1 Å². The summed E-state index contributed by atoms with van der Waals surface area (Å²) in [6, 6.07) is 9.99. The first-order chi connectivity index (χ1) is 12.1. The standard InChI is InChI=1S/C20H27N3O2/c1-21(17-8-3-2-4-9-17)20(25)23-13-15-10-11-18(23)14-22(12-15)19(24)16-6-5-7-16/h2-4,8-9,15-16,18H,5-7,10-14H2,1H3/t15-,18+/m0/s1. The lowest BCUT2D eigenvalue weighted by atomic mass is 9.84. The van der Waals surface area contributed by atoms with E-state index in [0.29, 0.717) is 18.4 Å². The lowest BCUT2D eigenvalue weighted by Crippen LogP contribution is -2.52. The van der Waals surface area contributed by atoms with Crippen LogP contribution in [-0.4, -0.2) is 54.5 Å². The van der Waals surface area contributed by atoms with Gasteiger partial charge in [-0.1, -0.05) is 24.6 Å². The molecular formula is C20H27N3O2. The molecular weight excluding hydrogens is 314 g/mol. The number of rotatable bonds is 2. The number of benzene rings is 1. The summed E-state index contributed by atoms with van der Waals surface area (Å²) in [5, 5.41) is 0. The van der Waals surface area contributed by atoms with Crippen molar-refractivity contribution < 1.29 is 9.59 Å². The number of fused-ring (bicyclic) bond motifs is 4. The Hall–Kier alpha value is -2.04. The fraction of sp³-hybridized carbons (Fsp3) is 0.600. The highest BCUT2D eigenvalue weighted by molar-refractivity contribution is 5.91. The summed E-state index contributed by atoms with van der Waals surface area (Å²) in [5.74, 6) is 0.985. The Morgan fingerprint density at radius 2 is 1.76 bits per heavy atom. The van der Waals surface area contributed by atoms with Crippen molar-refractivity contribution >= 4 is 17.6 Å². The first-order valence-electron chi connectivity index (χ1n) is 9.51. The molecule has 2 bridgehead atoms. The van der Waals surface area contributed by atoms with Crippen LogP contribution in [0.15, 0.2) is 30.3 Å². The zero-order valence-electron chi connectivity index (χ0n) is 14.9. The Kier molecular flexibility index (Phi) is 4.40. The maximum atomic E-state index is 13.1. The van der Waals surface area contributed by atoms with E-state index in [-0.39, 0.29) is 18.0 Å². The lowest BCUT2D eigenvalue weighted by Gasteiger charge is -2.38. The van der Waals surface area contributed by atoms with Gasteiger partial charge in [0.2, 0.25) is 5.91 Å². The van der Waals surface area contributed by atoms with Gasteiger partial charge < -0.3 is 9.80 Å². The Labute approximate surface area is 149 Å². The molecule has 0 unspecified atom stereocenters. The third kappa shape index (κ3) is 3.12. The van der Waals surface area contributed by atoms with Gasteiger partial charge in [-0.15, -0.1) is 0 Å². The number of carbonyl (C=O) groups excluding carboxylic acids is 2. The summed E-state index contributed by atoms with van der Waals surface area (Å²) in [7, 11) is 1.84. The molecule has 5 heteroatoms. The van der Waals surface area contributed by atoms with E-state index < -0.39 is 0 Å². The van der Waals surface area contributed by atoms with Crippen LogP contribution < -0.4 is 4.90 Å². The van der Waals surface area contributed by atoms with Crippen molar-refractivity contribution in [2.75, 3.05) is 31.6 Å². The number of nitrogens with zero attached hydrogens (tertiary/aromatic N) is 3. The topological polar surface area (TPSA) is 43.9 Å². The predicted molar refractivity (Wildman–Crippen MR) is 97.4 cm³/mol. The van der Waals surface area contributed by atoms with Crippen LogP contribution in [0.5, 0.6) is 0 Å². The summed E-state index contributed by atoms with van der Waals surface area (Å²) in [4.78, 5) is 31.6. The second-order valence-corrected chi connectivity index (χ2v) is 7.80. The quantitative estimate of drug-likeness (QED) is 0.830. The highest BCUT2D eigenvalue weighted by Gasteiger charge is 2.41. The molecule has 3 aliphatic heterocycles. The van der Waals surface area contributed by atoms with Crippen LogP contribution in [0.25, 0.3) is 0 Å². The summed E-state index contributed by atoms with van der Waals surface area (Å²) >= 11 is 0. The molecule has 3 saturated heterocycles. The van der Waals surface area contributed by atoms with Gasteiger partial charge in [0, 0.05) is 38.3 Å². The largest absolute Gasteiger partial charge is 0.340 e. The van der Waals surface area contributed by atoms with Gasteiger partial charge in [-0.25, -0.2) is 4.79 Å². The predicted octanol–water partition coefficient (Wildman–Crippen LogP) is 2.97. The van der Waals surface area contributed by atoms with Gasteiger partial charge in [0.1, 0.15) is 0 Å². The lowest BCUT2D eigenvalue weighted by molar-refractivity contribution is -0.138. The van der Waals surface area contributed by atoms with Gasteiger partial charge in [0.25, 0.3) is 0 Å². The van der Waals surface area contributed by atoms with Crippen molar-refractivity contribution in [1.29, 1.82) is 0 Å². The zero-order chi connectivity index (χ0) is 17.4. The molecule has 1 saturated carbocycles. The molecule has 0 radical (unpaired) electrons. The Morgan fingerprint density at radius 3 is 2.44 bits per heavy atom. The number of piperidine rings is 1. The van der Waals surface area contributed by atoms with E-state index in [1.54, 1.807) is 4.90 Å². The highest BCUT2D eigenvalue weighted by Crippen LogP contribution is 2.33. The van der Waals surface area contributed by atoms with Gasteiger partial charge >= 0.3 is 6.03 Å². The number of para-hydroxylation sites is 1. The van der Waals surface area contributed by atoms with Crippen LogP contribution in [0.2, 0.25) is 0 Å². The minimum atomic E-state index is 0.0545. The van der Waals surface area contributed by atoms with E-state index in [9.17, 15) is 9.59 Å². The fourth-order valence-corrected chi connectivity index (χ4v) is 4.36. The van der Waals surface area contributed by atoms with Crippen LogP contribution >= 0.6 is 0 Å². The third-order valence-electron chi connectivity index (χ3n) is 6.16. The molecule has 0 aromatic heterocycles. The Morgan fingerprint density at radius 1 is 1.00 bits per heavy atom. The van der Waals surface area contributed by atoms with Crippen LogP contribution in [0.3, 0.4) is 0 Å². The molecule has 3 amide bonds. The number of carbonyl (C=O) groups is 2. The molecule has 1 aliphatic carbocycles. The summed E-state index contributed by atoms with van der Waals surface area (Å²) in [6.45, 7) is 2.31. The van der Waals surface area contributed by atoms with E-state index in [1.165, 1.54) is 6.42 Å². The molecule has 1 aromatic carbocycles. The van der Waals surface area contributed by atoms with Crippen molar-refractivity contribution in [3.05, 3.63) is 30.3 Å². The van der Waals surface area contributed by atoms with Crippen molar-refractivity contribution in [2.24, 2.45) is 11.8 Å². The first-order valence-corrected chi connectivity index (χ1v) is 9.51. The molecule has 5 nitrogen and oxygen atoms in total. The van der Waals surface area contributed by atoms with Gasteiger partial charge in [0.05, 0.1) is 6.04 Å².